The first-order valence-corrected chi connectivity index (χ1v) is 8.44. The van der Waals surface area contributed by atoms with E-state index in [0.717, 1.165) is 0 Å². The highest BCUT2D eigenvalue weighted by molar-refractivity contribution is 6.31. The van der Waals surface area contributed by atoms with Crippen molar-refractivity contribution in [3.63, 3.8) is 0 Å². The van der Waals surface area contributed by atoms with Crippen LogP contribution in [0.25, 0.3) is 0 Å². The van der Waals surface area contributed by atoms with Gasteiger partial charge in [-0.05, 0) is 36.8 Å². The predicted molar refractivity (Wildman–Crippen MR) is 98.9 cm³/mol. The number of rotatable bonds is 5. The number of aliphatic imine (C=N–C) groups is 1. The van der Waals surface area contributed by atoms with Gasteiger partial charge in [-0.25, -0.2) is 9.82 Å². The molecule has 0 fully saturated rings. The first-order valence-electron chi connectivity index (χ1n) is 8.06. The van der Waals surface area contributed by atoms with E-state index in [9.17, 15) is 9.18 Å². The number of hydrogen-bond acceptors (Lipinski definition) is 5. The maximum atomic E-state index is 14.5. The minimum absolute atomic E-state index is 0.0876. The molecule has 0 radical (unpaired) electrons. The summed E-state index contributed by atoms with van der Waals surface area (Å²) in [5.74, 6) is 4.28. The second kappa shape index (κ2) is 7.82. The molecule has 0 amide bonds. The van der Waals surface area contributed by atoms with Gasteiger partial charge < -0.3 is 10.4 Å². The number of hydrogen-bond donors (Lipinski definition) is 4. The summed E-state index contributed by atoms with van der Waals surface area (Å²) in [4.78, 5) is 15.7. The Morgan fingerprint density at radius 3 is 2.77 bits per heavy atom. The van der Waals surface area contributed by atoms with Crippen molar-refractivity contribution in [2.24, 2.45) is 10.8 Å². The monoisotopic (exact) mass is 376 g/mol. The first kappa shape index (κ1) is 18.3. The molecular formula is C18H18ClFN4O2. The van der Waals surface area contributed by atoms with Crippen LogP contribution >= 0.6 is 11.6 Å². The maximum absolute atomic E-state index is 14.5. The van der Waals surface area contributed by atoms with Crippen LogP contribution in [0, 0.1) is 5.82 Å². The number of carboxylic acids is 1. The first-order chi connectivity index (χ1) is 12.5. The Hall–Kier alpha value is -2.48. The molecule has 1 aliphatic rings. The number of carbonyl (C=O) groups is 1. The third-order valence-corrected chi connectivity index (χ3v) is 4.43. The molecule has 0 aliphatic carbocycles. The van der Waals surface area contributed by atoms with Crippen molar-refractivity contribution < 1.29 is 14.3 Å². The molecule has 3 rings (SSSR count). The Labute approximate surface area is 154 Å². The van der Waals surface area contributed by atoms with Gasteiger partial charge in [-0.3, -0.25) is 15.6 Å². The average molecular weight is 377 g/mol. The van der Waals surface area contributed by atoms with Crippen LogP contribution in [0.4, 0.5) is 10.1 Å². The zero-order valence-electron chi connectivity index (χ0n) is 13.7. The fraction of sp³-hybridized carbons (Fsp3) is 0.222. The zero-order chi connectivity index (χ0) is 18.7. The fourth-order valence-corrected chi connectivity index (χ4v) is 3.11. The summed E-state index contributed by atoms with van der Waals surface area (Å²) in [5, 5.41) is 12.7. The van der Waals surface area contributed by atoms with E-state index in [2.05, 4.69) is 15.7 Å². The van der Waals surface area contributed by atoms with Gasteiger partial charge in [0.15, 0.2) is 0 Å². The number of benzodiazepines with no additional fused rings is 1. The number of fused-ring (bicyclic) bond motifs is 1. The Morgan fingerprint density at radius 2 is 2.08 bits per heavy atom. The van der Waals surface area contributed by atoms with Crippen molar-refractivity contribution in [3.8, 4) is 0 Å². The topological polar surface area (TPSA) is 99.7 Å². The van der Waals surface area contributed by atoms with Crippen LogP contribution in [-0.4, -0.2) is 29.0 Å². The zero-order valence-corrected chi connectivity index (χ0v) is 14.5. The summed E-state index contributed by atoms with van der Waals surface area (Å²) in [7, 11) is 0. The molecule has 2 atom stereocenters. The van der Waals surface area contributed by atoms with Crippen molar-refractivity contribution in [3.05, 3.63) is 64.4 Å². The molecule has 8 heteroatoms. The Morgan fingerprint density at radius 1 is 1.31 bits per heavy atom. The smallest absolute Gasteiger partial charge is 0.303 e. The SMILES string of the molecule is NNC1Nc2ccc(Cl)cc2C(c2ccccc2F)=NC1CCC(=O)O. The summed E-state index contributed by atoms with van der Waals surface area (Å²) in [6.45, 7) is 0. The van der Waals surface area contributed by atoms with Crippen LogP contribution in [-0.2, 0) is 4.79 Å². The highest BCUT2D eigenvalue weighted by Gasteiger charge is 2.28. The number of anilines is 1. The molecule has 0 spiro atoms. The lowest BCUT2D eigenvalue weighted by Gasteiger charge is -2.23. The van der Waals surface area contributed by atoms with E-state index in [0.29, 0.717) is 27.5 Å². The number of nitrogens with zero attached hydrogens (tertiary/aromatic N) is 1. The van der Waals surface area contributed by atoms with Crippen LogP contribution < -0.4 is 16.6 Å². The lowest BCUT2D eigenvalue weighted by molar-refractivity contribution is -0.137. The quantitative estimate of drug-likeness (QED) is 0.475. The molecule has 5 N–H and O–H groups in total. The fourth-order valence-electron chi connectivity index (χ4n) is 2.94. The summed E-state index contributed by atoms with van der Waals surface area (Å²) in [6.07, 6.45) is -0.370. The number of nitrogens with one attached hydrogen (secondary N) is 2. The second-order valence-corrected chi connectivity index (χ2v) is 6.37. The number of benzene rings is 2. The van der Waals surface area contributed by atoms with Crippen molar-refractivity contribution in [2.45, 2.75) is 25.0 Å². The molecule has 0 bridgehead atoms. The van der Waals surface area contributed by atoms with Crippen molar-refractivity contribution in [1.82, 2.24) is 5.43 Å². The molecule has 0 saturated carbocycles. The van der Waals surface area contributed by atoms with Gasteiger partial charge >= 0.3 is 5.97 Å². The third kappa shape index (κ3) is 3.85. The van der Waals surface area contributed by atoms with Crippen LogP contribution in [0.15, 0.2) is 47.5 Å². The number of carboxylic acid groups (broad SMARTS) is 1. The average Bonchev–Trinajstić information content (AvgIpc) is 2.77. The number of halogens is 2. The normalized spacial score (nSPS) is 19.1. The van der Waals surface area contributed by atoms with Crippen LogP contribution in [0.3, 0.4) is 0 Å². The lowest BCUT2D eigenvalue weighted by Crippen LogP contribution is -2.48. The van der Waals surface area contributed by atoms with Crippen molar-refractivity contribution >= 4 is 29.0 Å². The standard InChI is InChI=1S/C18H18ClFN4O2/c19-10-5-6-14-12(9-10)17(11-3-1-2-4-13(11)20)22-15(7-8-16(25)26)18(23-14)24-21/h1-6,9,15,18,23-24H,7-8,21H2,(H,25,26). The highest BCUT2D eigenvalue weighted by atomic mass is 35.5. The minimum Gasteiger partial charge on any atom is -0.481 e. The Bertz CT molecular complexity index is 859. The maximum Gasteiger partial charge on any atom is 0.303 e. The highest BCUT2D eigenvalue weighted by Crippen LogP contribution is 2.29. The molecule has 0 saturated heterocycles. The van der Waals surface area contributed by atoms with Gasteiger partial charge in [0.05, 0.1) is 11.8 Å². The van der Waals surface area contributed by atoms with Crippen LogP contribution in [0.5, 0.6) is 0 Å². The molecule has 2 aromatic rings. The van der Waals surface area contributed by atoms with Gasteiger partial charge in [-0.15, -0.1) is 0 Å². The Balaban J connectivity index is 2.15. The Kier molecular flexibility index (Phi) is 5.51. The van der Waals surface area contributed by atoms with Gasteiger partial charge in [0, 0.05) is 28.3 Å². The van der Waals surface area contributed by atoms with Crippen LogP contribution in [0.2, 0.25) is 5.02 Å². The summed E-state index contributed by atoms with van der Waals surface area (Å²) >= 11 is 6.14. The molecular weight excluding hydrogens is 359 g/mol. The van der Waals surface area contributed by atoms with Gasteiger partial charge in [0.1, 0.15) is 12.0 Å². The number of aliphatic carboxylic acids is 1. The largest absolute Gasteiger partial charge is 0.481 e. The van der Waals surface area contributed by atoms with E-state index in [1.54, 1.807) is 36.4 Å². The van der Waals surface area contributed by atoms with Gasteiger partial charge in [0.25, 0.3) is 0 Å². The van der Waals surface area contributed by atoms with E-state index < -0.39 is 24.0 Å². The van der Waals surface area contributed by atoms with Gasteiger partial charge in [-0.1, -0.05) is 23.7 Å². The van der Waals surface area contributed by atoms with E-state index >= 15 is 0 Å². The summed E-state index contributed by atoms with van der Waals surface area (Å²) < 4.78 is 14.5. The van der Waals surface area contributed by atoms with Crippen LogP contribution in [0.1, 0.15) is 24.0 Å². The van der Waals surface area contributed by atoms with Gasteiger partial charge in [-0.2, -0.15) is 0 Å². The van der Waals surface area contributed by atoms with Crippen molar-refractivity contribution in [2.75, 3.05) is 5.32 Å². The molecule has 136 valence electrons. The molecule has 6 nitrogen and oxygen atoms in total. The number of nitrogens with two attached hydrogens (primary N) is 1. The molecule has 0 aromatic heterocycles. The molecule has 2 unspecified atom stereocenters. The van der Waals surface area contributed by atoms with Crippen molar-refractivity contribution in [1.29, 1.82) is 0 Å². The van der Waals surface area contributed by atoms with E-state index in [4.69, 9.17) is 22.6 Å². The molecule has 26 heavy (non-hydrogen) atoms. The molecule has 2 aromatic carbocycles. The molecule has 1 aliphatic heterocycles. The second-order valence-electron chi connectivity index (χ2n) is 5.94. The number of hydrazine groups is 1. The van der Waals surface area contributed by atoms with E-state index in [1.807, 2.05) is 0 Å². The summed E-state index contributed by atoms with van der Waals surface area (Å²) in [6, 6.07) is 10.9. The predicted octanol–water partition coefficient (Wildman–Crippen LogP) is 2.76. The van der Waals surface area contributed by atoms with Gasteiger partial charge in [0.2, 0.25) is 0 Å². The molecule has 1 heterocycles. The minimum atomic E-state index is -0.937. The third-order valence-electron chi connectivity index (χ3n) is 4.19. The lowest BCUT2D eigenvalue weighted by atomic mass is 10.00. The van der Waals surface area contributed by atoms with E-state index in [1.165, 1.54) is 6.07 Å². The van der Waals surface area contributed by atoms with E-state index in [-0.39, 0.29) is 12.8 Å². The summed E-state index contributed by atoms with van der Waals surface area (Å²) in [5.41, 5.74) is 4.65.